The van der Waals surface area contributed by atoms with E-state index in [0.717, 1.165) is 13.0 Å². The molecule has 0 spiro atoms. The van der Waals surface area contributed by atoms with E-state index in [1.165, 1.54) is 0 Å². The Balaban J connectivity index is 4.00. The lowest BCUT2D eigenvalue weighted by Gasteiger charge is -2.43. The Morgan fingerprint density at radius 2 is 1.64 bits per heavy atom. The molecular weight excluding hydrogens is 156 g/mol. The minimum Gasteiger partial charge on any atom is -0.337 e. The van der Waals surface area contributed by atoms with Crippen molar-refractivity contribution >= 4 is 10.3 Å². The fourth-order valence-electron chi connectivity index (χ4n) is 0.468. The quantitative estimate of drug-likeness (QED) is 0.645. The van der Waals surface area contributed by atoms with Crippen molar-refractivity contribution < 1.29 is 4.18 Å². The summed E-state index contributed by atoms with van der Waals surface area (Å²) in [5.74, 6) is 0. The zero-order valence-corrected chi connectivity index (χ0v) is 9.55. The molecule has 0 aliphatic heterocycles. The molecule has 0 saturated heterocycles. The first kappa shape index (κ1) is 11.3. The molecule has 0 radical (unpaired) electrons. The Bertz CT molecular complexity index is 113. The van der Waals surface area contributed by atoms with E-state index in [1.807, 2.05) is 0 Å². The Hall–Kier alpha value is 0.310. The highest BCUT2D eigenvalue weighted by Gasteiger charge is 2.28. The van der Waals surface area contributed by atoms with Crippen LogP contribution in [0.2, 0.25) is 0 Å². The van der Waals surface area contributed by atoms with Crippen LogP contribution in [-0.2, 0) is 4.18 Å². The average molecular weight is 178 g/mol. The molecule has 11 heavy (non-hydrogen) atoms. The van der Waals surface area contributed by atoms with E-state index in [0.29, 0.717) is 4.75 Å². The molecule has 0 aromatic heterocycles. The van der Waals surface area contributed by atoms with Gasteiger partial charge in [-0.05, 0) is 18.9 Å². The van der Waals surface area contributed by atoms with Crippen LogP contribution in [0.1, 0.15) is 34.1 Å². The van der Waals surface area contributed by atoms with Crippen LogP contribution in [0.3, 0.4) is 0 Å². The van der Waals surface area contributed by atoms with Crippen molar-refractivity contribution in [3.8, 4) is 0 Å². The summed E-state index contributed by atoms with van der Waals surface area (Å²) in [6.45, 7) is 9.80. The Morgan fingerprint density at radius 1 is 1.18 bits per heavy atom. The molecule has 0 amide bonds. The van der Waals surface area contributed by atoms with Gasteiger partial charge in [0.2, 0.25) is 0 Å². The van der Waals surface area contributed by atoms with Crippen LogP contribution < -0.4 is 0 Å². The third-order valence-corrected chi connectivity index (χ3v) is 5.76. The SMILES string of the molecule is CCCOS(C)(C)C(C)(C)C. The number of hydrogen-bond acceptors (Lipinski definition) is 1. The maximum atomic E-state index is 5.83. The van der Waals surface area contributed by atoms with Gasteiger partial charge in [-0.1, -0.05) is 27.7 Å². The monoisotopic (exact) mass is 178 g/mol. The molecule has 2 heteroatoms. The highest BCUT2D eigenvalue weighted by Crippen LogP contribution is 2.53. The third kappa shape index (κ3) is 3.48. The van der Waals surface area contributed by atoms with Gasteiger partial charge in [0.25, 0.3) is 0 Å². The Morgan fingerprint density at radius 3 is 1.91 bits per heavy atom. The molecule has 1 nitrogen and oxygen atoms in total. The van der Waals surface area contributed by atoms with Crippen molar-refractivity contribution in [2.75, 3.05) is 19.1 Å². The number of hydrogen-bond donors (Lipinski definition) is 0. The van der Waals surface area contributed by atoms with Crippen LogP contribution in [0.25, 0.3) is 0 Å². The predicted molar refractivity (Wildman–Crippen MR) is 55.4 cm³/mol. The van der Waals surface area contributed by atoms with Crippen molar-refractivity contribution in [3.05, 3.63) is 0 Å². The molecule has 0 heterocycles. The maximum Gasteiger partial charge on any atom is 0.0589 e. The molecule has 70 valence electrons. The van der Waals surface area contributed by atoms with Gasteiger partial charge in [-0.3, -0.25) is 0 Å². The largest absolute Gasteiger partial charge is 0.337 e. The van der Waals surface area contributed by atoms with E-state index in [2.05, 4.69) is 40.2 Å². The van der Waals surface area contributed by atoms with Gasteiger partial charge < -0.3 is 4.18 Å². The first-order valence-corrected chi connectivity index (χ1v) is 6.56. The molecular formula is C9H22OS. The fraction of sp³-hybridized carbons (Fsp3) is 1.00. The summed E-state index contributed by atoms with van der Waals surface area (Å²) >= 11 is 0. The van der Waals surface area contributed by atoms with Gasteiger partial charge in [0.1, 0.15) is 0 Å². The van der Waals surface area contributed by atoms with Crippen LogP contribution >= 0.6 is 10.3 Å². The second-order valence-corrected chi connectivity index (χ2v) is 8.09. The zero-order chi connectivity index (χ0) is 9.12. The summed E-state index contributed by atoms with van der Waals surface area (Å²) in [6, 6.07) is 0. The third-order valence-electron chi connectivity index (χ3n) is 2.06. The van der Waals surface area contributed by atoms with Crippen LogP contribution in [0.5, 0.6) is 0 Å². The van der Waals surface area contributed by atoms with Gasteiger partial charge in [0, 0.05) is 4.75 Å². The van der Waals surface area contributed by atoms with Crippen molar-refractivity contribution in [2.24, 2.45) is 0 Å². The van der Waals surface area contributed by atoms with Crippen molar-refractivity contribution in [1.29, 1.82) is 0 Å². The number of rotatable bonds is 3. The molecule has 0 aromatic rings. The molecule has 0 fully saturated rings. The van der Waals surface area contributed by atoms with Gasteiger partial charge in [-0.25, -0.2) is 0 Å². The second-order valence-electron chi connectivity index (χ2n) is 4.17. The lowest BCUT2D eigenvalue weighted by molar-refractivity contribution is 0.349. The molecule has 0 aliphatic rings. The summed E-state index contributed by atoms with van der Waals surface area (Å²) in [7, 11) is -0.860. The van der Waals surface area contributed by atoms with E-state index in [1.54, 1.807) is 0 Å². The molecule has 0 aromatic carbocycles. The van der Waals surface area contributed by atoms with E-state index in [9.17, 15) is 0 Å². The molecule has 0 aliphatic carbocycles. The minimum atomic E-state index is -0.860. The summed E-state index contributed by atoms with van der Waals surface area (Å²) in [5.41, 5.74) is 0. The molecule has 0 bridgehead atoms. The molecule has 0 N–H and O–H groups in total. The van der Waals surface area contributed by atoms with Crippen molar-refractivity contribution in [1.82, 2.24) is 0 Å². The molecule has 0 saturated carbocycles. The summed E-state index contributed by atoms with van der Waals surface area (Å²) in [4.78, 5) is 0. The highest BCUT2D eigenvalue weighted by molar-refractivity contribution is 8.29. The van der Waals surface area contributed by atoms with Gasteiger partial charge in [0.15, 0.2) is 0 Å². The lowest BCUT2D eigenvalue weighted by atomic mass is 10.3. The standard InChI is InChI=1S/C9H22OS/c1-7-8-10-11(5,6)9(2,3)4/h7-8H2,1-6H3. The second kappa shape index (κ2) is 3.81. The van der Waals surface area contributed by atoms with Gasteiger partial charge in [-0.15, -0.1) is 10.3 Å². The zero-order valence-electron chi connectivity index (χ0n) is 8.73. The Kier molecular flexibility index (Phi) is 3.92. The van der Waals surface area contributed by atoms with Crippen LogP contribution in [0, 0.1) is 0 Å². The van der Waals surface area contributed by atoms with Gasteiger partial charge >= 0.3 is 0 Å². The highest BCUT2D eigenvalue weighted by atomic mass is 32.3. The van der Waals surface area contributed by atoms with E-state index >= 15 is 0 Å². The average Bonchev–Trinajstić information content (AvgIpc) is 1.81. The van der Waals surface area contributed by atoms with Crippen LogP contribution in [0.15, 0.2) is 0 Å². The first-order valence-electron chi connectivity index (χ1n) is 4.18. The van der Waals surface area contributed by atoms with Gasteiger partial charge in [0.05, 0.1) is 6.61 Å². The van der Waals surface area contributed by atoms with Crippen LogP contribution in [0.4, 0.5) is 0 Å². The lowest BCUT2D eigenvalue weighted by Crippen LogP contribution is -2.25. The summed E-state index contributed by atoms with van der Waals surface area (Å²) in [5, 5.41) is 0. The molecule has 0 unspecified atom stereocenters. The summed E-state index contributed by atoms with van der Waals surface area (Å²) in [6.07, 6.45) is 5.60. The molecule has 0 atom stereocenters. The van der Waals surface area contributed by atoms with E-state index in [4.69, 9.17) is 4.18 Å². The minimum absolute atomic E-state index is 0.308. The normalized spacial score (nSPS) is 15.1. The fourth-order valence-corrected chi connectivity index (χ4v) is 1.41. The summed E-state index contributed by atoms with van der Waals surface area (Å²) < 4.78 is 6.13. The Labute approximate surface area is 73.0 Å². The van der Waals surface area contributed by atoms with E-state index in [-0.39, 0.29) is 0 Å². The van der Waals surface area contributed by atoms with Crippen molar-refractivity contribution in [2.45, 2.75) is 38.9 Å². The van der Waals surface area contributed by atoms with E-state index < -0.39 is 10.3 Å². The first-order chi connectivity index (χ1) is 4.81. The topological polar surface area (TPSA) is 9.23 Å². The van der Waals surface area contributed by atoms with Gasteiger partial charge in [-0.2, -0.15) is 0 Å². The predicted octanol–water partition coefficient (Wildman–Crippen LogP) is 3.19. The smallest absolute Gasteiger partial charge is 0.0589 e. The van der Waals surface area contributed by atoms with Crippen molar-refractivity contribution in [3.63, 3.8) is 0 Å². The molecule has 0 rings (SSSR count). The van der Waals surface area contributed by atoms with Crippen LogP contribution in [-0.4, -0.2) is 23.9 Å². The maximum absolute atomic E-state index is 5.83.